The largest absolute Gasteiger partial charge is 0.488 e. The summed E-state index contributed by atoms with van der Waals surface area (Å²) in [6.45, 7) is 9.34. The first kappa shape index (κ1) is 41.7. The van der Waals surface area contributed by atoms with E-state index in [1.54, 1.807) is 54.6 Å². The van der Waals surface area contributed by atoms with E-state index in [1.165, 1.54) is 6.08 Å². The van der Waals surface area contributed by atoms with Crippen LogP contribution in [0.2, 0.25) is 0 Å². The average Bonchev–Trinajstić information content (AvgIpc) is 3.50. The monoisotopic (exact) mass is 776 g/mol. The highest BCUT2D eigenvalue weighted by Gasteiger charge is 2.31. The van der Waals surface area contributed by atoms with Crippen LogP contribution < -0.4 is 20.8 Å². The van der Waals surface area contributed by atoms with Gasteiger partial charge in [0.1, 0.15) is 30.1 Å². The first-order chi connectivity index (χ1) is 27.3. The molecule has 0 saturated heterocycles. The van der Waals surface area contributed by atoms with Crippen LogP contribution >= 0.6 is 0 Å². The van der Waals surface area contributed by atoms with Crippen molar-refractivity contribution in [1.29, 1.82) is 0 Å². The van der Waals surface area contributed by atoms with Crippen molar-refractivity contribution in [2.75, 3.05) is 13.2 Å². The fraction of sp³-hybridized carbons (Fsp3) is 0.295. The lowest BCUT2D eigenvalue weighted by Gasteiger charge is -2.25. The van der Waals surface area contributed by atoms with Gasteiger partial charge in [0.15, 0.2) is 0 Å². The zero-order chi connectivity index (χ0) is 41.0. The number of rotatable bonds is 16. The molecule has 0 fully saturated rings. The number of amides is 5. The Morgan fingerprint density at radius 1 is 0.842 bits per heavy atom. The molecule has 1 aliphatic carbocycles. The molecule has 4 N–H and O–H groups in total. The second-order valence-corrected chi connectivity index (χ2v) is 14.5. The molecule has 2 atom stereocenters. The highest BCUT2D eigenvalue weighted by Crippen LogP contribution is 2.44. The lowest BCUT2D eigenvalue weighted by Crippen LogP contribution is -2.54. The molecular formula is C44H48N4O9. The maximum absolute atomic E-state index is 13.5. The highest BCUT2D eigenvalue weighted by molar-refractivity contribution is 5.97. The van der Waals surface area contributed by atoms with E-state index in [4.69, 9.17) is 14.2 Å². The molecule has 0 aromatic heterocycles. The third kappa shape index (κ3) is 12.0. The minimum atomic E-state index is -1.47. The first-order valence-corrected chi connectivity index (χ1v) is 18.6. The number of imide groups is 1. The van der Waals surface area contributed by atoms with E-state index in [2.05, 4.69) is 22.6 Å². The van der Waals surface area contributed by atoms with Gasteiger partial charge >= 0.3 is 18.1 Å². The van der Waals surface area contributed by atoms with Gasteiger partial charge in [-0.25, -0.2) is 19.4 Å². The Labute approximate surface area is 332 Å². The van der Waals surface area contributed by atoms with E-state index in [0.29, 0.717) is 11.3 Å². The van der Waals surface area contributed by atoms with Gasteiger partial charge in [0.05, 0.1) is 13.2 Å². The second-order valence-electron chi connectivity index (χ2n) is 14.5. The summed E-state index contributed by atoms with van der Waals surface area (Å²) in [7, 11) is 0. The predicted octanol–water partition coefficient (Wildman–Crippen LogP) is 6.52. The smallest absolute Gasteiger partial charge is 0.407 e. The van der Waals surface area contributed by atoms with E-state index in [9.17, 15) is 29.1 Å². The van der Waals surface area contributed by atoms with Crippen molar-refractivity contribution in [2.24, 2.45) is 0 Å². The Balaban J connectivity index is 1.18. The fourth-order valence-electron chi connectivity index (χ4n) is 6.38. The number of nitrogens with one attached hydrogen (secondary N) is 3. The first-order valence-electron chi connectivity index (χ1n) is 18.6. The molecule has 13 heteroatoms. The molecule has 298 valence electrons. The van der Waals surface area contributed by atoms with Crippen LogP contribution in [0.4, 0.5) is 9.59 Å². The summed E-state index contributed by atoms with van der Waals surface area (Å²) in [5.74, 6) is -2.42. The van der Waals surface area contributed by atoms with Gasteiger partial charge in [-0.3, -0.25) is 20.3 Å². The van der Waals surface area contributed by atoms with Crippen LogP contribution in [0.15, 0.2) is 116 Å². The van der Waals surface area contributed by atoms with Gasteiger partial charge in [0, 0.05) is 18.8 Å². The summed E-state index contributed by atoms with van der Waals surface area (Å²) >= 11 is 0. The summed E-state index contributed by atoms with van der Waals surface area (Å²) in [5.41, 5.74) is 7.57. The standard InChI is InChI=1S/C44H48N4O9/c1-5-25-55-38(26-29-19-21-31(22-20-29)57-44(2,3)4)40(50)46-42(53)48(27-30-13-7-6-8-14-30)47-39(49)24-23-37(41(51)52)45-43(54)56-28-36-34-17-11-9-15-32(34)33-16-10-12-18-35(33)36/h5-22,36-38H,1,23-28H2,2-4H3,(H,45,54)(H,47,49)(H,51,52)(H,46,50,53)/t37-,38+/m1/s1. The fourth-order valence-corrected chi connectivity index (χ4v) is 6.38. The number of carboxylic acids is 1. The number of urea groups is 1. The van der Waals surface area contributed by atoms with Crippen LogP contribution in [-0.2, 0) is 36.8 Å². The van der Waals surface area contributed by atoms with Crippen molar-refractivity contribution < 1.29 is 43.3 Å². The number of fused-ring (bicyclic) bond motifs is 3. The molecule has 0 radical (unpaired) electrons. The minimum Gasteiger partial charge on any atom is -0.488 e. The Kier molecular flexibility index (Phi) is 14.2. The average molecular weight is 777 g/mol. The number of aliphatic carboxylic acids is 1. The third-order valence-electron chi connectivity index (χ3n) is 8.99. The zero-order valence-electron chi connectivity index (χ0n) is 32.2. The van der Waals surface area contributed by atoms with Crippen LogP contribution in [0.1, 0.15) is 61.8 Å². The molecule has 0 heterocycles. The maximum Gasteiger partial charge on any atom is 0.407 e. The number of alkyl carbamates (subject to hydrolysis) is 1. The summed E-state index contributed by atoms with van der Waals surface area (Å²) in [5, 5.41) is 15.5. The van der Waals surface area contributed by atoms with E-state index < -0.39 is 54.1 Å². The molecule has 0 bridgehead atoms. The second kappa shape index (κ2) is 19.4. The number of hydrazine groups is 1. The van der Waals surface area contributed by atoms with Gasteiger partial charge in [-0.05, 0) is 72.7 Å². The molecule has 13 nitrogen and oxygen atoms in total. The molecular weight excluding hydrogens is 729 g/mol. The third-order valence-corrected chi connectivity index (χ3v) is 8.99. The number of carboxylic acid groups (broad SMARTS) is 1. The summed E-state index contributed by atoms with van der Waals surface area (Å²) < 4.78 is 17.1. The van der Waals surface area contributed by atoms with Crippen molar-refractivity contribution >= 4 is 29.9 Å². The van der Waals surface area contributed by atoms with Crippen LogP contribution in [-0.4, -0.2) is 71.0 Å². The van der Waals surface area contributed by atoms with Crippen molar-refractivity contribution in [2.45, 2.75) is 70.2 Å². The van der Waals surface area contributed by atoms with E-state index in [-0.39, 0.29) is 38.5 Å². The molecule has 0 aliphatic heterocycles. The predicted molar refractivity (Wildman–Crippen MR) is 213 cm³/mol. The molecule has 5 rings (SSSR count). The van der Waals surface area contributed by atoms with Gasteiger partial charge in [-0.15, -0.1) is 6.58 Å². The van der Waals surface area contributed by atoms with Gasteiger partial charge < -0.3 is 24.6 Å². The van der Waals surface area contributed by atoms with Crippen molar-refractivity contribution in [3.63, 3.8) is 0 Å². The minimum absolute atomic E-state index is 0.0207. The van der Waals surface area contributed by atoms with E-state index in [1.807, 2.05) is 69.3 Å². The molecule has 4 aromatic rings. The summed E-state index contributed by atoms with van der Waals surface area (Å²) in [6.07, 6.45) is -1.14. The van der Waals surface area contributed by atoms with Crippen molar-refractivity contribution in [3.05, 3.63) is 138 Å². The van der Waals surface area contributed by atoms with Gasteiger partial charge in [0.2, 0.25) is 5.91 Å². The van der Waals surface area contributed by atoms with Gasteiger partial charge in [-0.1, -0.05) is 97.1 Å². The SMILES string of the molecule is C=CCO[C@@H](Cc1ccc(OC(C)(C)C)cc1)C(=O)NC(=O)N(Cc1ccccc1)NC(=O)CC[C@@H](NC(=O)OCC1c2ccccc2-c2ccccc21)C(=O)O. The van der Waals surface area contributed by atoms with Crippen LogP contribution in [0.3, 0.4) is 0 Å². The molecule has 0 saturated carbocycles. The number of hydrogen-bond acceptors (Lipinski definition) is 8. The maximum atomic E-state index is 13.5. The van der Waals surface area contributed by atoms with Crippen molar-refractivity contribution in [3.8, 4) is 16.9 Å². The molecule has 4 aromatic carbocycles. The zero-order valence-corrected chi connectivity index (χ0v) is 32.2. The van der Waals surface area contributed by atoms with Gasteiger partial charge in [0.25, 0.3) is 5.91 Å². The number of hydrogen-bond donors (Lipinski definition) is 4. The molecule has 0 unspecified atom stereocenters. The Morgan fingerprint density at radius 2 is 1.46 bits per heavy atom. The van der Waals surface area contributed by atoms with E-state index in [0.717, 1.165) is 32.8 Å². The molecule has 0 spiro atoms. The number of nitrogens with zero attached hydrogens (tertiary/aromatic N) is 1. The topological polar surface area (TPSA) is 173 Å². The van der Waals surface area contributed by atoms with Gasteiger partial charge in [-0.2, -0.15) is 0 Å². The van der Waals surface area contributed by atoms with E-state index >= 15 is 0 Å². The lowest BCUT2D eigenvalue weighted by molar-refractivity contribution is -0.139. The Morgan fingerprint density at radius 3 is 2.05 bits per heavy atom. The quantitative estimate of drug-likeness (QED) is 0.0730. The molecule has 5 amide bonds. The van der Waals surface area contributed by atoms with Crippen LogP contribution in [0, 0.1) is 0 Å². The number of carbonyl (C=O) groups is 5. The van der Waals surface area contributed by atoms with Crippen LogP contribution in [0.25, 0.3) is 11.1 Å². The Bertz CT molecular complexity index is 2000. The van der Waals surface area contributed by atoms with Crippen molar-refractivity contribution in [1.82, 2.24) is 21.1 Å². The highest BCUT2D eigenvalue weighted by atomic mass is 16.5. The number of ether oxygens (including phenoxy) is 3. The summed E-state index contributed by atoms with van der Waals surface area (Å²) in [6, 6.07) is 29.2. The summed E-state index contributed by atoms with van der Waals surface area (Å²) in [4.78, 5) is 65.2. The lowest BCUT2D eigenvalue weighted by atomic mass is 9.98. The number of carbonyl (C=O) groups excluding carboxylic acids is 4. The number of benzene rings is 4. The Hall–Kier alpha value is -6.47. The molecule has 1 aliphatic rings. The normalized spacial score (nSPS) is 12.9. The van der Waals surface area contributed by atoms with Crippen LogP contribution in [0.5, 0.6) is 5.75 Å². The molecule has 57 heavy (non-hydrogen) atoms.